The Balaban J connectivity index is 1.43. The number of aromatic nitrogens is 2. The first-order valence-electron chi connectivity index (χ1n) is 12.8. The lowest BCUT2D eigenvalue weighted by molar-refractivity contribution is -0.125. The maximum atomic E-state index is 14.4. The monoisotopic (exact) mass is 580 g/mol. The highest BCUT2D eigenvalue weighted by Crippen LogP contribution is 2.35. The van der Waals surface area contributed by atoms with E-state index in [1.165, 1.54) is 35.8 Å². The Morgan fingerprint density at radius 3 is 2.05 bits per heavy atom. The molecule has 7 nitrogen and oxygen atoms in total. The van der Waals surface area contributed by atoms with Gasteiger partial charge < -0.3 is 4.90 Å². The van der Waals surface area contributed by atoms with E-state index in [-0.39, 0.29) is 19.5 Å². The average Bonchev–Trinajstić information content (AvgIpc) is 2.94. The summed E-state index contributed by atoms with van der Waals surface area (Å²) in [7, 11) is -5.26. The minimum absolute atomic E-state index is 0.0247. The number of nitrogens with zero attached hydrogens (tertiary/aromatic N) is 4. The molecule has 1 saturated heterocycles. The first-order chi connectivity index (χ1) is 19.1. The van der Waals surface area contributed by atoms with Crippen molar-refractivity contribution in [2.24, 2.45) is 0 Å². The van der Waals surface area contributed by atoms with E-state index < -0.39 is 56.0 Å². The summed E-state index contributed by atoms with van der Waals surface area (Å²) in [6.45, 7) is -0.405. The first-order valence-corrected chi connectivity index (χ1v) is 14.2. The minimum Gasteiger partial charge on any atom is -0.305 e. The van der Waals surface area contributed by atoms with Crippen molar-refractivity contribution in [2.75, 3.05) is 11.4 Å². The molecule has 40 heavy (non-hydrogen) atoms. The summed E-state index contributed by atoms with van der Waals surface area (Å²) in [4.78, 5) is 21.4. The van der Waals surface area contributed by atoms with Gasteiger partial charge in [0, 0.05) is 30.8 Å². The molecule has 0 N–H and O–H groups in total. The van der Waals surface area contributed by atoms with Crippen molar-refractivity contribution in [1.29, 1.82) is 0 Å². The highest BCUT2D eigenvalue weighted by molar-refractivity contribution is 7.89. The fourth-order valence-electron chi connectivity index (χ4n) is 5.20. The van der Waals surface area contributed by atoms with E-state index in [4.69, 9.17) is 0 Å². The summed E-state index contributed by atoms with van der Waals surface area (Å²) in [5.41, 5.74) is 1.97. The lowest BCUT2D eigenvalue weighted by Gasteiger charge is -2.41. The number of rotatable bonds is 7. The molecule has 3 aromatic rings. The van der Waals surface area contributed by atoms with E-state index in [9.17, 15) is 35.2 Å². The van der Waals surface area contributed by atoms with Gasteiger partial charge in [-0.3, -0.25) is 14.8 Å². The number of pyridine rings is 2. The SMILES string of the molecule is O=C([C@H]1CCN1S(=O)(=O)c1c(F)c(F)c(F)c(F)c1F)N(Cc1ccc(C2CCCCC2)cn1)c1ccncc1. The molecule has 1 aliphatic carbocycles. The number of carbonyl (C=O) groups excluding carboxylic acids is 1. The van der Waals surface area contributed by atoms with Crippen LogP contribution in [0.25, 0.3) is 0 Å². The molecule has 0 bridgehead atoms. The zero-order valence-corrected chi connectivity index (χ0v) is 22.0. The lowest BCUT2D eigenvalue weighted by atomic mass is 9.85. The van der Waals surface area contributed by atoms with Crippen LogP contribution < -0.4 is 4.90 Å². The predicted octanol–water partition coefficient (Wildman–Crippen LogP) is 5.22. The molecule has 3 heterocycles. The van der Waals surface area contributed by atoms with E-state index in [0.29, 0.717) is 21.6 Å². The Bertz CT molecular complexity index is 1490. The van der Waals surface area contributed by atoms with Gasteiger partial charge in [0.2, 0.25) is 21.7 Å². The van der Waals surface area contributed by atoms with Crippen LogP contribution in [-0.4, -0.2) is 41.2 Å². The Morgan fingerprint density at radius 2 is 1.50 bits per heavy atom. The summed E-state index contributed by atoms with van der Waals surface area (Å²) in [6.07, 6.45) is 10.3. The van der Waals surface area contributed by atoms with Gasteiger partial charge in [0.15, 0.2) is 28.2 Å². The fraction of sp³-hybridized carbons (Fsp3) is 0.370. The van der Waals surface area contributed by atoms with Crippen molar-refractivity contribution in [2.45, 2.75) is 61.9 Å². The second-order valence-electron chi connectivity index (χ2n) is 9.87. The molecule has 2 fully saturated rings. The highest BCUT2D eigenvalue weighted by Gasteiger charge is 2.48. The molecular formula is C27H25F5N4O3S. The van der Waals surface area contributed by atoms with Gasteiger partial charge in [-0.25, -0.2) is 30.4 Å². The smallest absolute Gasteiger partial charge is 0.249 e. The van der Waals surface area contributed by atoms with E-state index in [2.05, 4.69) is 9.97 Å². The van der Waals surface area contributed by atoms with Crippen LogP contribution >= 0.6 is 0 Å². The number of anilines is 1. The lowest BCUT2D eigenvalue weighted by Crippen LogP contribution is -2.59. The number of carbonyl (C=O) groups is 1. The minimum atomic E-state index is -5.26. The molecule has 1 aromatic carbocycles. The zero-order chi connectivity index (χ0) is 28.6. The quantitative estimate of drug-likeness (QED) is 0.218. The number of halogens is 5. The van der Waals surface area contributed by atoms with E-state index in [0.717, 1.165) is 31.2 Å². The van der Waals surface area contributed by atoms with Gasteiger partial charge in [0.05, 0.1) is 12.2 Å². The third-order valence-electron chi connectivity index (χ3n) is 7.48. The van der Waals surface area contributed by atoms with Crippen LogP contribution in [0, 0.1) is 29.1 Å². The largest absolute Gasteiger partial charge is 0.305 e. The maximum absolute atomic E-state index is 14.4. The molecular weight excluding hydrogens is 555 g/mol. The molecule has 2 aliphatic rings. The van der Waals surface area contributed by atoms with Crippen LogP contribution in [0.4, 0.5) is 27.6 Å². The van der Waals surface area contributed by atoms with Gasteiger partial charge in [-0.2, -0.15) is 4.31 Å². The van der Waals surface area contributed by atoms with Crippen LogP contribution in [-0.2, 0) is 21.4 Å². The molecule has 13 heteroatoms. The summed E-state index contributed by atoms with van der Waals surface area (Å²) in [5.74, 6) is -12.5. The van der Waals surface area contributed by atoms with Crippen LogP contribution in [0.3, 0.4) is 0 Å². The van der Waals surface area contributed by atoms with E-state index in [1.54, 1.807) is 12.3 Å². The Kier molecular flexibility index (Phi) is 7.87. The van der Waals surface area contributed by atoms with E-state index in [1.807, 2.05) is 6.07 Å². The van der Waals surface area contributed by atoms with Crippen LogP contribution in [0.5, 0.6) is 0 Å². The van der Waals surface area contributed by atoms with Gasteiger partial charge >= 0.3 is 0 Å². The van der Waals surface area contributed by atoms with Gasteiger partial charge in [0.1, 0.15) is 6.04 Å². The summed E-state index contributed by atoms with van der Waals surface area (Å²) in [5, 5.41) is 0. The molecule has 0 unspecified atom stereocenters. The molecule has 5 rings (SSSR count). The van der Waals surface area contributed by atoms with Crippen LogP contribution in [0.1, 0.15) is 55.7 Å². The van der Waals surface area contributed by atoms with Crippen molar-refractivity contribution in [3.8, 4) is 0 Å². The number of amides is 1. The standard InChI is InChI=1S/C27H25F5N4O3S/c28-21-22(29)24(31)26(25(32)23(21)30)40(38,39)36-13-10-20(36)27(37)35(19-8-11-33-12-9-19)15-18-7-6-17(14-34-18)16-4-2-1-3-5-16/h6-9,11-12,14,16,20H,1-5,10,13,15H2/t20-/m1/s1. The number of benzene rings is 1. The van der Waals surface area contributed by atoms with Gasteiger partial charge in [-0.1, -0.05) is 25.3 Å². The molecule has 212 valence electrons. The van der Waals surface area contributed by atoms with Crippen molar-refractivity contribution >= 4 is 21.6 Å². The summed E-state index contributed by atoms with van der Waals surface area (Å²) >= 11 is 0. The van der Waals surface area contributed by atoms with Crippen molar-refractivity contribution in [3.05, 3.63) is 83.2 Å². The molecule has 0 spiro atoms. The maximum Gasteiger partial charge on any atom is 0.249 e. The first kappa shape index (κ1) is 28.1. The van der Waals surface area contributed by atoms with Crippen molar-refractivity contribution in [3.63, 3.8) is 0 Å². The molecule has 1 saturated carbocycles. The Morgan fingerprint density at radius 1 is 0.875 bits per heavy atom. The topological polar surface area (TPSA) is 83.5 Å². The third kappa shape index (κ3) is 5.07. The second kappa shape index (κ2) is 11.2. The summed E-state index contributed by atoms with van der Waals surface area (Å²) in [6, 6.07) is 5.35. The second-order valence-corrected chi connectivity index (χ2v) is 11.7. The number of sulfonamides is 1. The number of hydrogen-bond donors (Lipinski definition) is 0. The van der Waals surface area contributed by atoms with Crippen LogP contribution in [0.15, 0.2) is 47.8 Å². The number of hydrogen-bond acceptors (Lipinski definition) is 5. The molecule has 0 radical (unpaired) electrons. The van der Waals surface area contributed by atoms with Crippen molar-refractivity contribution < 1.29 is 35.2 Å². The van der Waals surface area contributed by atoms with Crippen molar-refractivity contribution in [1.82, 2.24) is 14.3 Å². The fourth-order valence-corrected chi connectivity index (χ4v) is 6.94. The normalized spacial score (nSPS) is 18.4. The van der Waals surface area contributed by atoms with Gasteiger partial charge in [-0.05, 0) is 48.9 Å². The average molecular weight is 581 g/mol. The molecule has 2 aromatic heterocycles. The molecule has 1 aliphatic heterocycles. The van der Waals surface area contributed by atoms with E-state index >= 15 is 0 Å². The predicted molar refractivity (Wildman–Crippen MR) is 134 cm³/mol. The Hall–Kier alpha value is -3.45. The molecule has 1 amide bonds. The highest BCUT2D eigenvalue weighted by atomic mass is 32.2. The van der Waals surface area contributed by atoms with Crippen LogP contribution in [0.2, 0.25) is 0 Å². The Labute approximate surface area is 227 Å². The molecule has 1 atom stereocenters. The summed E-state index contributed by atoms with van der Waals surface area (Å²) < 4.78 is 96.5. The zero-order valence-electron chi connectivity index (χ0n) is 21.2. The van der Waals surface area contributed by atoms with Gasteiger partial charge in [-0.15, -0.1) is 0 Å². The van der Waals surface area contributed by atoms with Gasteiger partial charge in [0.25, 0.3) is 0 Å². The third-order valence-corrected chi connectivity index (χ3v) is 9.41.